The third-order valence-electron chi connectivity index (χ3n) is 4.46. The second-order valence-electron chi connectivity index (χ2n) is 7.12. The fraction of sp³-hybridized carbons (Fsp3) is 0.136. The van der Waals surface area contributed by atoms with E-state index in [9.17, 15) is 4.79 Å². The summed E-state index contributed by atoms with van der Waals surface area (Å²) in [5.41, 5.74) is 7.81. The van der Waals surface area contributed by atoms with Crippen molar-refractivity contribution >= 4 is 22.8 Å². The van der Waals surface area contributed by atoms with Gasteiger partial charge in [0.25, 0.3) is 11.8 Å². The van der Waals surface area contributed by atoms with E-state index in [1.165, 1.54) is 11.0 Å². The first-order valence-electron chi connectivity index (χ1n) is 9.55. The molecular weight excluding hydrogens is 410 g/mol. The number of anilines is 1. The zero-order chi connectivity index (χ0) is 22.8. The fourth-order valence-corrected chi connectivity index (χ4v) is 2.96. The predicted octanol–water partition coefficient (Wildman–Crippen LogP) is 3.40. The van der Waals surface area contributed by atoms with Gasteiger partial charge in [-0.2, -0.15) is 15.2 Å². The van der Waals surface area contributed by atoms with Crippen LogP contribution in [0.1, 0.15) is 21.7 Å². The molecule has 2 aromatic carbocycles. The second-order valence-corrected chi connectivity index (χ2v) is 7.12. The number of carbonyl (C=O) groups is 1. The lowest BCUT2D eigenvalue weighted by molar-refractivity contribution is 0.0827. The second kappa shape index (κ2) is 8.23. The van der Waals surface area contributed by atoms with E-state index < -0.39 is 0 Å². The summed E-state index contributed by atoms with van der Waals surface area (Å²) < 4.78 is 11.7. The number of amides is 1. The highest BCUT2D eigenvalue weighted by molar-refractivity contribution is 5.94. The Balaban J connectivity index is 1.70. The molecule has 0 saturated carbocycles. The number of nitrogens with one attached hydrogen (secondary N) is 1. The maximum atomic E-state index is 12.2. The number of nitrogens with zero attached hydrogens (tertiary/aromatic N) is 5. The highest BCUT2D eigenvalue weighted by Crippen LogP contribution is 2.31. The molecule has 0 saturated heterocycles. The number of imidazole rings is 1. The van der Waals surface area contributed by atoms with Crippen molar-refractivity contribution in [2.45, 2.75) is 6.92 Å². The molecule has 32 heavy (non-hydrogen) atoms. The van der Waals surface area contributed by atoms with E-state index in [0.29, 0.717) is 39.6 Å². The van der Waals surface area contributed by atoms with Crippen molar-refractivity contribution in [3.05, 3.63) is 59.4 Å². The molecule has 4 rings (SSSR count). The smallest absolute Gasteiger partial charge is 0.327 e. The van der Waals surface area contributed by atoms with Crippen molar-refractivity contribution in [3.63, 3.8) is 0 Å². The maximum Gasteiger partial charge on any atom is 0.327 e. The number of nitrogens with two attached hydrogens (primary N) is 1. The number of carbonyl (C=O) groups excluding carboxylic acids is 1. The number of nitriles is 1. The number of ether oxygens (including phenoxy) is 2. The molecule has 1 amide bonds. The van der Waals surface area contributed by atoms with Crippen LogP contribution in [0.4, 0.5) is 5.69 Å². The number of hydrogen-bond acceptors (Lipinski definition) is 8. The van der Waals surface area contributed by atoms with Crippen LogP contribution in [0.3, 0.4) is 0 Å². The van der Waals surface area contributed by atoms with Crippen molar-refractivity contribution < 1.29 is 14.3 Å². The van der Waals surface area contributed by atoms with Crippen molar-refractivity contribution in [1.29, 1.82) is 5.26 Å². The van der Waals surface area contributed by atoms with Crippen LogP contribution in [0.5, 0.6) is 23.4 Å². The Bertz CT molecular complexity index is 1370. The topological polar surface area (TPSA) is 143 Å². The molecule has 3 N–H and O–H groups in total. The van der Waals surface area contributed by atoms with Crippen LogP contribution < -0.4 is 15.2 Å². The Hall–Kier alpha value is -4.65. The fourth-order valence-electron chi connectivity index (χ4n) is 2.96. The van der Waals surface area contributed by atoms with E-state index >= 15 is 0 Å². The number of fused-ring (bicyclic) bond motifs is 1. The summed E-state index contributed by atoms with van der Waals surface area (Å²) >= 11 is 0. The zero-order valence-corrected chi connectivity index (χ0v) is 17.6. The van der Waals surface area contributed by atoms with E-state index in [-0.39, 0.29) is 23.5 Å². The highest BCUT2D eigenvalue weighted by atomic mass is 16.5. The number of hydrogen-bond donors (Lipinski definition) is 2. The van der Waals surface area contributed by atoms with Gasteiger partial charge >= 0.3 is 6.01 Å². The van der Waals surface area contributed by atoms with E-state index in [2.05, 4.69) is 19.9 Å². The van der Waals surface area contributed by atoms with Gasteiger partial charge in [-0.3, -0.25) is 4.79 Å². The minimum Gasteiger partial charge on any atom is -0.437 e. The first-order valence-corrected chi connectivity index (χ1v) is 9.55. The van der Waals surface area contributed by atoms with E-state index in [1.807, 2.05) is 6.07 Å². The average molecular weight is 429 g/mol. The lowest BCUT2D eigenvalue weighted by Gasteiger charge is -2.12. The average Bonchev–Trinajstić information content (AvgIpc) is 3.14. The van der Waals surface area contributed by atoms with E-state index in [1.54, 1.807) is 57.4 Å². The molecule has 10 heteroatoms. The summed E-state index contributed by atoms with van der Waals surface area (Å²) in [5.74, 6) is 1.39. The maximum absolute atomic E-state index is 12.2. The Morgan fingerprint density at radius 3 is 2.59 bits per heavy atom. The Kier molecular flexibility index (Phi) is 5.30. The van der Waals surface area contributed by atoms with Crippen LogP contribution in [0.25, 0.3) is 11.2 Å². The predicted molar refractivity (Wildman–Crippen MR) is 117 cm³/mol. The molecule has 160 valence electrons. The van der Waals surface area contributed by atoms with Gasteiger partial charge in [-0.15, -0.1) is 0 Å². The summed E-state index contributed by atoms with van der Waals surface area (Å²) in [4.78, 5) is 29.8. The molecule has 0 aliphatic rings. The molecule has 0 spiro atoms. The first kappa shape index (κ1) is 20.6. The minimum atomic E-state index is -0.154. The number of aromatic amines is 1. The molecule has 0 unspecified atom stereocenters. The van der Waals surface area contributed by atoms with Crippen LogP contribution >= 0.6 is 0 Å². The molecule has 0 aliphatic carbocycles. The lowest BCUT2D eigenvalue weighted by atomic mass is 10.2. The number of nitrogen functional groups attached to an aromatic ring is 1. The van der Waals surface area contributed by atoms with Gasteiger partial charge in [0.15, 0.2) is 11.2 Å². The van der Waals surface area contributed by atoms with Crippen molar-refractivity contribution in [1.82, 2.24) is 24.8 Å². The molecule has 0 aliphatic heterocycles. The molecule has 0 fully saturated rings. The molecule has 2 heterocycles. The summed E-state index contributed by atoms with van der Waals surface area (Å²) in [6.45, 7) is 1.78. The number of aryl methyl sites for hydroxylation is 1. The summed E-state index contributed by atoms with van der Waals surface area (Å²) in [6, 6.07) is 13.4. The normalized spacial score (nSPS) is 10.6. The van der Waals surface area contributed by atoms with E-state index in [0.717, 1.165) is 0 Å². The number of aromatic nitrogens is 4. The van der Waals surface area contributed by atoms with Gasteiger partial charge in [0.05, 0.1) is 11.3 Å². The third-order valence-corrected chi connectivity index (χ3v) is 4.46. The first-order chi connectivity index (χ1) is 15.3. The molecule has 2 aromatic heterocycles. The number of benzene rings is 2. The summed E-state index contributed by atoms with van der Waals surface area (Å²) in [5, 5.41) is 9.06. The Morgan fingerprint density at radius 2 is 1.88 bits per heavy atom. The lowest BCUT2D eigenvalue weighted by Crippen LogP contribution is -2.21. The summed E-state index contributed by atoms with van der Waals surface area (Å²) in [6.07, 6.45) is 0. The SMILES string of the molecule is Cc1nc2c(Oc3ccc(C#N)c(N)c3)nc(Oc3cccc(C(=O)N(C)C)c3)nc2[nH]1. The molecular formula is C22H19N7O3. The third kappa shape index (κ3) is 4.13. The van der Waals surface area contributed by atoms with Crippen LogP contribution in [0.15, 0.2) is 42.5 Å². The molecule has 0 atom stereocenters. The van der Waals surface area contributed by atoms with Gasteiger partial charge in [-0.1, -0.05) is 6.07 Å². The molecule has 0 bridgehead atoms. The quantitative estimate of drug-likeness (QED) is 0.460. The molecule has 10 nitrogen and oxygen atoms in total. The van der Waals surface area contributed by atoms with Gasteiger partial charge in [0.2, 0.25) is 0 Å². The standard InChI is InChI=1S/C22H19N7O3/c1-12-25-18-19(26-12)27-22(32-15-6-4-5-13(9-15)21(30)29(2)3)28-20(18)31-16-8-7-14(11-23)17(24)10-16/h4-10H,24H2,1-3H3,(H,25,26,27,28). The summed E-state index contributed by atoms with van der Waals surface area (Å²) in [7, 11) is 3.35. The number of rotatable bonds is 5. The number of H-pyrrole nitrogens is 1. The Labute approximate surface area is 183 Å². The van der Waals surface area contributed by atoms with Gasteiger partial charge in [-0.05, 0) is 37.3 Å². The minimum absolute atomic E-state index is 0.00668. The van der Waals surface area contributed by atoms with Crippen LogP contribution in [0.2, 0.25) is 0 Å². The van der Waals surface area contributed by atoms with Crippen molar-refractivity contribution in [2.75, 3.05) is 19.8 Å². The molecule has 0 radical (unpaired) electrons. The highest BCUT2D eigenvalue weighted by Gasteiger charge is 2.17. The van der Waals surface area contributed by atoms with Crippen molar-refractivity contribution in [2.24, 2.45) is 0 Å². The largest absolute Gasteiger partial charge is 0.437 e. The van der Waals surface area contributed by atoms with Crippen molar-refractivity contribution in [3.8, 4) is 29.5 Å². The molecule has 4 aromatic rings. The van der Waals surface area contributed by atoms with Crippen LogP contribution in [-0.2, 0) is 0 Å². The van der Waals surface area contributed by atoms with Crippen LogP contribution in [-0.4, -0.2) is 44.8 Å². The van der Waals surface area contributed by atoms with Gasteiger partial charge in [0.1, 0.15) is 23.4 Å². The monoisotopic (exact) mass is 429 g/mol. The van der Waals surface area contributed by atoms with Gasteiger partial charge in [-0.25, -0.2) is 4.98 Å². The van der Waals surface area contributed by atoms with Crippen LogP contribution in [0, 0.1) is 18.3 Å². The zero-order valence-electron chi connectivity index (χ0n) is 17.6. The van der Waals surface area contributed by atoms with E-state index in [4.69, 9.17) is 20.5 Å². The van der Waals surface area contributed by atoms with Gasteiger partial charge < -0.3 is 25.1 Å². The van der Waals surface area contributed by atoms with Gasteiger partial charge in [0, 0.05) is 25.7 Å². The Morgan fingerprint density at radius 1 is 1.09 bits per heavy atom.